The minimum atomic E-state index is 0.513. The second-order valence-corrected chi connectivity index (χ2v) is 5.00. The van der Waals surface area contributed by atoms with Crippen LogP contribution < -0.4 is 10.1 Å². The number of aromatic nitrogens is 1. The van der Waals surface area contributed by atoms with Gasteiger partial charge in [0, 0.05) is 29.8 Å². The first-order valence-corrected chi connectivity index (χ1v) is 6.70. The Morgan fingerprint density at radius 1 is 1.44 bits per heavy atom. The fourth-order valence-electron chi connectivity index (χ4n) is 2.89. The summed E-state index contributed by atoms with van der Waals surface area (Å²) in [5.74, 6) is 7.94. The minimum Gasteiger partial charge on any atom is -0.492 e. The molecular weight excluding hydrogens is 224 g/mol. The van der Waals surface area contributed by atoms with E-state index in [0.29, 0.717) is 24.6 Å². The zero-order valence-electron chi connectivity index (χ0n) is 10.6. The van der Waals surface area contributed by atoms with Crippen LogP contribution in [0, 0.1) is 17.8 Å². The number of rotatable bonds is 2. The van der Waals surface area contributed by atoms with Gasteiger partial charge in [-0.2, -0.15) is 0 Å². The molecule has 1 aromatic heterocycles. The number of ether oxygens (including phenoxy) is 1. The first kappa shape index (κ1) is 11.6. The number of nitrogens with one attached hydrogen (secondary N) is 1. The van der Waals surface area contributed by atoms with Gasteiger partial charge < -0.3 is 10.1 Å². The summed E-state index contributed by atoms with van der Waals surface area (Å²) in [5, 5.41) is 3.60. The molecule has 3 unspecified atom stereocenters. The SMILES string of the molecule is CCOc1cncc(C#CC2CC3CCC2N3)c1. The van der Waals surface area contributed by atoms with Crippen LogP contribution in [-0.2, 0) is 0 Å². The van der Waals surface area contributed by atoms with E-state index < -0.39 is 0 Å². The normalized spacial score (nSPS) is 28.8. The Balaban J connectivity index is 1.71. The molecule has 2 fully saturated rings. The topological polar surface area (TPSA) is 34.1 Å². The molecule has 0 radical (unpaired) electrons. The summed E-state index contributed by atoms with van der Waals surface area (Å²) in [7, 11) is 0. The summed E-state index contributed by atoms with van der Waals surface area (Å²) in [6.45, 7) is 2.63. The molecule has 3 atom stereocenters. The van der Waals surface area contributed by atoms with Crippen LogP contribution in [0.15, 0.2) is 18.5 Å². The third kappa shape index (κ3) is 2.34. The average molecular weight is 242 g/mol. The third-order valence-electron chi connectivity index (χ3n) is 3.73. The summed E-state index contributed by atoms with van der Waals surface area (Å²) < 4.78 is 5.43. The smallest absolute Gasteiger partial charge is 0.138 e. The van der Waals surface area contributed by atoms with Crippen molar-refractivity contribution in [2.75, 3.05) is 6.61 Å². The second kappa shape index (κ2) is 4.99. The van der Waals surface area contributed by atoms with E-state index in [0.717, 1.165) is 11.3 Å². The summed E-state index contributed by atoms with van der Waals surface area (Å²) in [5.41, 5.74) is 0.948. The molecule has 2 aliphatic heterocycles. The highest BCUT2D eigenvalue weighted by Crippen LogP contribution is 2.32. The maximum Gasteiger partial charge on any atom is 0.138 e. The molecule has 3 heteroatoms. The molecule has 18 heavy (non-hydrogen) atoms. The second-order valence-electron chi connectivity index (χ2n) is 5.00. The van der Waals surface area contributed by atoms with Crippen LogP contribution in [0.25, 0.3) is 0 Å². The monoisotopic (exact) mass is 242 g/mol. The number of fused-ring (bicyclic) bond motifs is 2. The fraction of sp³-hybridized carbons (Fsp3) is 0.533. The van der Waals surface area contributed by atoms with Gasteiger partial charge in [-0.1, -0.05) is 11.8 Å². The van der Waals surface area contributed by atoms with Crippen LogP contribution in [0.3, 0.4) is 0 Å². The lowest BCUT2D eigenvalue weighted by Gasteiger charge is -2.13. The van der Waals surface area contributed by atoms with Gasteiger partial charge in [-0.05, 0) is 32.3 Å². The molecule has 2 aliphatic rings. The lowest BCUT2D eigenvalue weighted by molar-refractivity contribution is 0.339. The number of nitrogens with zero attached hydrogens (tertiary/aromatic N) is 1. The molecule has 3 nitrogen and oxygen atoms in total. The first-order valence-electron chi connectivity index (χ1n) is 6.70. The van der Waals surface area contributed by atoms with Gasteiger partial charge in [0.25, 0.3) is 0 Å². The summed E-state index contributed by atoms with van der Waals surface area (Å²) >= 11 is 0. The molecule has 1 aromatic rings. The molecule has 0 saturated carbocycles. The Morgan fingerprint density at radius 3 is 3.11 bits per heavy atom. The Morgan fingerprint density at radius 2 is 2.39 bits per heavy atom. The van der Waals surface area contributed by atoms with Crippen LogP contribution in [0.2, 0.25) is 0 Å². The van der Waals surface area contributed by atoms with Crippen molar-refractivity contribution in [3.05, 3.63) is 24.0 Å². The van der Waals surface area contributed by atoms with Crippen molar-refractivity contribution < 1.29 is 4.74 Å². The van der Waals surface area contributed by atoms with Crippen molar-refractivity contribution in [2.45, 2.75) is 38.3 Å². The summed E-state index contributed by atoms with van der Waals surface area (Å²) in [6.07, 6.45) is 7.34. The minimum absolute atomic E-state index is 0.513. The fourth-order valence-corrected chi connectivity index (χ4v) is 2.89. The third-order valence-corrected chi connectivity index (χ3v) is 3.73. The van der Waals surface area contributed by atoms with E-state index in [-0.39, 0.29) is 0 Å². The van der Waals surface area contributed by atoms with E-state index in [4.69, 9.17) is 4.74 Å². The molecular formula is C15H18N2O. The molecule has 0 spiro atoms. The van der Waals surface area contributed by atoms with Crippen LogP contribution in [0.5, 0.6) is 5.75 Å². The van der Waals surface area contributed by atoms with Gasteiger partial charge >= 0.3 is 0 Å². The van der Waals surface area contributed by atoms with Gasteiger partial charge in [0.15, 0.2) is 0 Å². The quantitative estimate of drug-likeness (QED) is 0.805. The van der Waals surface area contributed by atoms with Crippen molar-refractivity contribution in [1.29, 1.82) is 0 Å². The predicted molar refractivity (Wildman–Crippen MR) is 70.3 cm³/mol. The Kier molecular flexibility index (Phi) is 3.21. The average Bonchev–Trinajstić information content (AvgIpc) is 2.99. The standard InChI is InChI=1S/C15H18N2O/c1-2-18-14-7-11(9-16-10-14)3-4-12-8-13-5-6-15(12)17-13/h7,9-10,12-13,15,17H,2,5-6,8H2,1H3. The lowest BCUT2D eigenvalue weighted by atomic mass is 9.89. The molecule has 1 N–H and O–H groups in total. The van der Waals surface area contributed by atoms with E-state index in [9.17, 15) is 0 Å². The maximum absolute atomic E-state index is 5.43. The predicted octanol–water partition coefficient (Wildman–Crippen LogP) is 1.97. The van der Waals surface area contributed by atoms with Crippen molar-refractivity contribution in [1.82, 2.24) is 10.3 Å². The Hall–Kier alpha value is -1.53. The van der Waals surface area contributed by atoms with Crippen LogP contribution in [-0.4, -0.2) is 23.7 Å². The van der Waals surface area contributed by atoms with Crippen molar-refractivity contribution in [3.63, 3.8) is 0 Å². The van der Waals surface area contributed by atoms with Gasteiger partial charge in [-0.3, -0.25) is 4.98 Å². The zero-order valence-corrected chi connectivity index (χ0v) is 10.6. The molecule has 2 bridgehead atoms. The Bertz CT molecular complexity index is 489. The van der Waals surface area contributed by atoms with E-state index in [1.54, 1.807) is 12.4 Å². The molecule has 0 amide bonds. The van der Waals surface area contributed by atoms with Crippen molar-refractivity contribution in [2.24, 2.45) is 5.92 Å². The molecule has 0 aromatic carbocycles. The van der Waals surface area contributed by atoms with Gasteiger partial charge in [-0.15, -0.1) is 0 Å². The van der Waals surface area contributed by atoms with E-state index >= 15 is 0 Å². The van der Waals surface area contributed by atoms with Gasteiger partial charge in [0.05, 0.1) is 12.8 Å². The molecule has 94 valence electrons. The van der Waals surface area contributed by atoms with E-state index in [1.807, 2.05) is 13.0 Å². The highest BCUT2D eigenvalue weighted by molar-refractivity contribution is 5.37. The zero-order chi connectivity index (χ0) is 12.4. The molecule has 3 rings (SSSR count). The van der Waals surface area contributed by atoms with Gasteiger partial charge in [-0.25, -0.2) is 0 Å². The van der Waals surface area contributed by atoms with Gasteiger partial charge in [0.2, 0.25) is 0 Å². The molecule has 0 aliphatic carbocycles. The van der Waals surface area contributed by atoms with Crippen LogP contribution in [0.1, 0.15) is 31.7 Å². The lowest BCUT2D eigenvalue weighted by Crippen LogP contribution is -2.21. The summed E-state index contributed by atoms with van der Waals surface area (Å²) in [4.78, 5) is 4.15. The maximum atomic E-state index is 5.43. The van der Waals surface area contributed by atoms with Gasteiger partial charge in [0.1, 0.15) is 5.75 Å². The highest BCUT2D eigenvalue weighted by Gasteiger charge is 2.37. The van der Waals surface area contributed by atoms with Crippen molar-refractivity contribution >= 4 is 0 Å². The number of pyridine rings is 1. The molecule has 3 heterocycles. The Labute approximate surface area is 108 Å². The summed E-state index contributed by atoms with van der Waals surface area (Å²) in [6, 6.07) is 3.29. The van der Waals surface area contributed by atoms with E-state index in [1.165, 1.54) is 19.3 Å². The first-order chi connectivity index (χ1) is 8.85. The van der Waals surface area contributed by atoms with Crippen LogP contribution in [0.4, 0.5) is 0 Å². The van der Waals surface area contributed by atoms with Crippen molar-refractivity contribution in [3.8, 4) is 17.6 Å². The van der Waals surface area contributed by atoms with E-state index in [2.05, 4.69) is 22.1 Å². The number of hydrogen-bond acceptors (Lipinski definition) is 3. The number of hydrogen-bond donors (Lipinski definition) is 1. The largest absolute Gasteiger partial charge is 0.492 e. The molecule has 2 saturated heterocycles. The highest BCUT2D eigenvalue weighted by atomic mass is 16.5. The van der Waals surface area contributed by atoms with Crippen LogP contribution >= 0.6 is 0 Å².